The molecule has 3 aliphatic rings. The second-order valence-corrected chi connectivity index (χ2v) is 15.1. The lowest BCUT2D eigenvalue weighted by Crippen LogP contribution is -2.44. The predicted molar refractivity (Wildman–Crippen MR) is 253 cm³/mol. The number of fused-ring (bicyclic) bond motifs is 7. The molecule has 0 fully saturated rings. The molecule has 1 aliphatic carbocycles. The van der Waals surface area contributed by atoms with Gasteiger partial charge in [0.2, 0.25) is 0 Å². The number of hydrogen-bond acceptors (Lipinski definition) is 6. The van der Waals surface area contributed by atoms with Crippen LogP contribution in [0.3, 0.4) is 0 Å². The largest absolute Gasteiger partial charge is 0.466 e. The Bertz CT molecular complexity index is 3210. The highest BCUT2D eigenvalue weighted by Crippen LogP contribution is 2.61. The van der Waals surface area contributed by atoms with Gasteiger partial charge in [0.1, 0.15) is 0 Å². The molecule has 6 heteroatoms. The summed E-state index contributed by atoms with van der Waals surface area (Å²) in [5.74, 6) is 29.8. The fraction of sp³-hybridized carbons (Fsp3) is 0.0678. The van der Waals surface area contributed by atoms with Crippen molar-refractivity contribution < 1.29 is 19.1 Å². The summed E-state index contributed by atoms with van der Waals surface area (Å²) in [6.45, 7) is 0. The zero-order valence-corrected chi connectivity index (χ0v) is 35.2. The number of nitrogens with zero attached hydrogens (tertiary/aromatic N) is 2. The van der Waals surface area contributed by atoms with Crippen molar-refractivity contribution in [2.24, 2.45) is 5.10 Å². The summed E-state index contributed by atoms with van der Waals surface area (Å²) in [6.07, 6.45) is 16.3. The molecule has 0 saturated carbocycles. The molecular weight excluding hydrogens is 801 g/mol. The Morgan fingerprint density at radius 3 is 1.20 bits per heavy atom. The van der Waals surface area contributed by atoms with E-state index in [2.05, 4.69) is 64.3 Å². The van der Waals surface area contributed by atoms with Gasteiger partial charge in [-0.05, 0) is 150 Å². The molecule has 0 radical (unpaired) electrons. The molecule has 2 aliphatic heterocycles. The van der Waals surface area contributed by atoms with E-state index in [9.17, 15) is 9.59 Å². The molecule has 6 aromatic rings. The van der Waals surface area contributed by atoms with Gasteiger partial charge in [-0.1, -0.05) is 77.4 Å². The number of terminal acetylenes is 2. The Morgan fingerprint density at radius 1 is 0.508 bits per heavy atom. The van der Waals surface area contributed by atoms with Gasteiger partial charge in [0.05, 0.1) is 31.2 Å². The Labute approximate surface area is 378 Å². The molecule has 1 spiro atoms. The lowest BCUT2D eigenvalue weighted by Gasteiger charge is -2.36. The number of carbonyl (C=O) groups is 2. The first kappa shape index (κ1) is 40.9. The number of benzene rings is 6. The van der Waals surface area contributed by atoms with E-state index < -0.39 is 23.4 Å². The van der Waals surface area contributed by atoms with Crippen LogP contribution in [0.2, 0.25) is 0 Å². The molecule has 9 rings (SSSR count). The fourth-order valence-corrected chi connectivity index (χ4v) is 8.29. The molecule has 1 atom stereocenters. The third-order valence-corrected chi connectivity index (χ3v) is 11.4. The zero-order valence-electron chi connectivity index (χ0n) is 35.2. The lowest BCUT2D eigenvalue weighted by molar-refractivity contribution is -0.140. The number of methoxy groups -OCH3 is 2. The Balaban J connectivity index is 1.09. The minimum absolute atomic E-state index is 0.00253. The van der Waals surface area contributed by atoms with E-state index in [4.69, 9.17) is 22.3 Å². The Kier molecular flexibility index (Phi) is 11.0. The highest BCUT2D eigenvalue weighted by molar-refractivity contribution is 6.07. The van der Waals surface area contributed by atoms with Gasteiger partial charge >= 0.3 is 11.9 Å². The molecule has 0 amide bonds. The Hall–Kier alpha value is -9.43. The number of rotatable bonds is 2. The van der Waals surface area contributed by atoms with Gasteiger partial charge in [-0.3, -0.25) is 0 Å². The van der Waals surface area contributed by atoms with E-state index in [0.29, 0.717) is 11.1 Å². The van der Waals surface area contributed by atoms with Crippen molar-refractivity contribution >= 4 is 18.2 Å². The van der Waals surface area contributed by atoms with E-state index in [1.165, 1.54) is 14.2 Å². The highest BCUT2D eigenvalue weighted by atomic mass is 16.5. The van der Waals surface area contributed by atoms with Crippen LogP contribution < -0.4 is 0 Å². The topological polar surface area (TPSA) is 68.2 Å². The van der Waals surface area contributed by atoms with Gasteiger partial charge in [-0.15, -0.1) is 12.8 Å². The van der Waals surface area contributed by atoms with Crippen LogP contribution in [0, 0.1) is 72.1 Å². The van der Waals surface area contributed by atoms with Gasteiger partial charge in [-0.25, -0.2) is 14.6 Å². The summed E-state index contributed by atoms with van der Waals surface area (Å²) in [5.41, 5.74) is 10.2. The molecule has 1 unspecified atom stereocenters. The highest BCUT2D eigenvalue weighted by Gasteiger charge is 2.63. The van der Waals surface area contributed by atoms with Crippen LogP contribution in [0.5, 0.6) is 0 Å². The smallest absolute Gasteiger partial charge is 0.356 e. The van der Waals surface area contributed by atoms with Crippen LogP contribution in [-0.4, -0.2) is 43.4 Å². The van der Waals surface area contributed by atoms with Crippen LogP contribution >= 0.6 is 0 Å². The number of esters is 2. The molecule has 0 aromatic heterocycles. The fourth-order valence-electron chi connectivity index (χ4n) is 8.29. The first-order valence-corrected chi connectivity index (χ1v) is 20.5. The Morgan fingerprint density at radius 2 is 0.846 bits per heavy atom. The third kappa shape index (κ3) is 7.74. The quantitative estimate of drug-likeness (QED) is 0.130. The van der Waals surface area contributed by atoms with Gasteiger partial charge < -0.3 is 9.47 Å². The molecule has 0 N–H and O–H groups in total. The summed E-state index contributed by atoms with van der Waals surface area (Å²) >= 11 is 0. The number of carbonyl (C=O) groups excluding carboxylic acids is 2. The molecule has 6 nitrogen and oxygen atoms in total. The van der Waals surface area contributed by atoms with Crippen molar-refractivity contribution in [3.63, 3.8) is 0 Å². The van der Waals surface area contributed by atoms with Gasteiger partial charge in [0.15, 0.2) is 5.70 Å². The van der Waals surface area contributed by atoms with Crippen molar-refractivity contribution in [1.82, 2.24) is 5.01 Å². The molecule has 65 heavy (non-hydrogen) atoms. The van der Waals surface area contributed by atoms with Crippen LogP contribution in [0.1, 0.15) is 66.8 Å². The molecule has 6 aromatic carbocycles. The normalized spacial score (nSPS) is 14.0. The van der Waals surface area contributed by atoms with Crippen LogP contribution in [-0.2, 0) is 24.5 Å². The summed E-state index contributed by atoms with van der Waals surface area (Å²) < 4.78 is 10.8. The van der Waals surface area contributed by atoms with Gasteiger partial charge in [-0.2, -0.15) is 5.10 Å². The lowest BCUT2D eigenvalue weighted by atomic mass is 9.67. The molecule has 0 saturated heterocycles. The minimum Gasteiger partial charge on any atom is -0.466 e. The maximum absolute atomic E-state index is 14.2. The summed E-state index contributed by atoms with van der Waals surface area (Å²) in [5, 5.41) is 6.18. The maximum Gasteiger partial charge on any atom is 0.356 e. The van der Waals surface area contributed by atoms with Crippen molar-refractivity contribution in [3.05, 3.63) is 224 Å². The van der Waals surface area contributed by atoms with Crippen molar-refractivity contribution in [1.29, 1.82) is 0 Å². The SMILES string of the molecule is C#Cc1ccc(C#Cc2ccc(C#Cc3ccc4c(c3)C3(C(C(=O)OC)=C(C(=O)OC)N5N=CC=CC53)c3cc(C#Cc5ccc(C#Cc6ccc(C#C)cc6)cc5)ccc3-4)cc2)cc1. The summed E-state index contributed by atoms with van der Waals surface area (Å²) in [6, 6.07) is 41.8. The standard InChI is InChI=1S/C59H34N2O4/c1-5-40-9-13-42(14-10-40)17-19-44-21-25-46(26-22-44)29-31-48-33-35-50-51-36-34-49(32-30-47-27-23-45(24-28-47)20-18-43-15-11-41(6-2)12-16-43)39-53(51)59(52(50)38-48)54-8-7-37-60-61(54)56(58(63)65-4)55(59)57(62)64-3/h1-2,7-16,21-28,33-39,54H,3-4H3. The summed E-state index contributed by atoms with van der Waals surface area (Å²) in [4.78, 5) is 28.0. The summed E-state index contributed by atoms with van der Waals surface area (Å²) in [7, 11) is 2.58. The first-order chi connectivity index (χ1) is 31.8. The monoisotopic (exact) mass is 834 g/mol. The van der Waals surface area contributed by atoms with E-state index in [0.717, 1.165) is 66.8 Å². The van der Waals surface area contributed by atoms with Crippen molar-refractivity contribution in [3.8, 4) is 83.2 Å². The van der Waals surface area contributed by atoms with Crippen molar-refractivity contribution in [2.75, 3.05) is 14.2 Å². The van der Waals surface area contributed by atoms with E-state index >= 15 is 0 Å². The second kappa shape index (κ2) is 17.5. The third-order valence-electron chi connectivity index (χ3n) is 11.4. The number of hydrazone groups is 1. The molecule has 0 bridgehead atoms. The molecule has 2 heterocycles. The van der Waals surface area contributed by atoms with Crippen LogP contribution in [0.4, 0.5) is 0 Å². The molecule has 304 valence electrons. The zero-order chi connectivity index (χ0) is 44.9. The second-order valence-electron chi connectivity index (χ2n) is 15.1. The van der Waals surface area contributed by atoms with Crippen LogP contribution in [0.15, 0.2) is 162 Å². The average molecular weight is 835 g/mol. The molecular formula is C59H34N2O4. The number of ether oxygens (including phenoxy) is 2. The number of hydrogen-bond donors (Lipinski definition) is 0. The van der Waals surface area contributed by atoms with E-state index in [-0.39, 0.29) is 11.3 Å². The number of allylic oxidation sites excluding steroid dienone is 1. The van der Waals surface area contributed by atoms with E-state index in [1.807, 2.05) is 146 Å². The van der Waals surface area contributed by atoms with Gasteiger partial charge in [0.25, 0.3) is 0 Å². The minimum atomic E-state index is -1.27. The average Bonchev–Trinajstić information content (AvgIpc) is 3.83. The van der Waals surface area contributed by atoms with Gasteiger partial charge in [0, 0.05) is 61.8 Å². The maximum atomic E-state index is 14.2. The predicted octanol–water partition coefficient (Wildman–Crippen LogP) is 8.35. The first-order valence-electron chi connectivity index (χ1n) is 20.5. The van der Waals surface area contributed by atoms with E-state index in [1.54, 1.807) is 11.2 Å². The van der Waals surface area contributed by atoms with Crippen LogP contribution in [0.25, 0.3) is 11.1 Å². The van der Waals surface area contributed by atoms with Crippen molar-refractivity contribution in [2.45, 2.75) is 11.5 Å².